The third-order valence-electron chi connectivity index (χ3n) is 5.92. The van der Waals surface area contributed by atoms with Gasteiger partial charge in [-0.3, -0.25) is 13.9 Å². The zero-order valence-corrected chi connectivity index (χ0v) is 23.5. The van der Waals surface area contributed by atoms with Crippen molar-refractivity contribution < 1.29 is 27.1 Å². The molecule has 0 heterocycles. The Morgan fingerprint density at radius 2 is 1.62 bits per heavy atom. The summed E-state index contributed by atoms with van der Waals surface area (Å²) < 4.78 is 48.4. The van der Waals surface area contributed by atoms with Crippen molar-refractivity contribution in [3.63, 3.8) is 0 Å². The molecule has 0 radical (unpaired) electrons. The first-order valence-electron chi connectivity index (χ1n) is 12.4. The van der Waals surface area contributed by atoms with Crippen molar-refractivity contribution >= 4 is 27.5 Å². The van der Waals surface area contributed by atoms with Crippen molar-refractivity contribution in [2.75, 3.05) is 18.0 Å². The number of nitrogens with zero attached hydrogens (tertiary/aromatic N) is 2. The number of nitrogens with one attached hydrogen (secondary N) is 1. The minimum atomic E-state index is -4.21. The summed E-state index contributed by atoms with van der Waals surface area (Å²) in [5.41, 5.74) is -0.189. The number of sulfonamides is 1. The number of amides is 2. The SMILES string of the molecule is COc1cccc(N(CC(=O)N(Cc2ccccc2F)[C@@H](C)C(=O)NC(C)(C)C)S(=O)(=O)c2ccccc2)c1. The molecule has 1 atom stereocenters. The normalized spacial score (nSPS) is 12.4. The second-order valence-electron chi connectivity index (χ2n) is 10.1. The first-order valence-corrected chi connectivity index (χ1v) is 13.8. The smallest absolute Gasteiger partial charge is 0.264 e. The van der Waals surface area contributed by atoms with Gasteiger partial charge in [0, 0.05) is 23.7 Å². The Morgan fingerprint density at radius 3 is 2.23 bits per heavy atom. The molecule has 0 spiro atoms. The quantitative estimate of drug-likeness (QED) is 0.401. The molecule has 0 bridgehead atoms. The fraction of sp³-hybridized carbons (Fsp3) is 0.310. The van der Waals surface area contributed by atoms with Crippen molar-refractivity contribution in [1.29, 1.82) is 0 Å². The summed E-state index contributed by atoms with van der Waals surface area (Å²) in [6.07, 6.45) is 0. The molecular formula is C29H34FN3O5S. The van der Waals surface area contributed by atoms with Crippen LogP contribution in [0.4, 0.5) is 10.1 Å². The van der Waals surface area contributed by atoms with Crippen LogP contribution in [-0.2, 0) is 26.2 Å². The van der Waals surface area contributed by atoms with E-state index < -0.39 is 45.8 Å². The fourth-order valence-corrected chi connectivity index (χ4v) is 5.31. The third-order valence-corrected chi connectivity index (χ3v) is 7.70. The van der Waals surface area contributed by atoms with E-state index in [9.17, 15) is 22.4 Å². The number of methoxy groups -OCH3 is 1. The average molecular weight is 556 g/mol. The topological polar surface area (TPSA) is 96.0 Å². The summed E-state index contributed by atoms with van der Waals surface area (Å²) in [7, 11) is -2.76. The number of carbonyl (C=O) groups excluding carboxylic acids is 2. The molecule has 208 valence electrons. The third kappa shape index (κ3) is 7.57. The van der Waals surface area contributed by atoms with Crippen molar-refractivity contribution in [3.8, 4) is 5.75 Å². The molecule has 0 fully saturated rings. The number of hydrogen-bond acceptors (Lipinski definition) is 5. The molecule has 0 unspecified atom stereocenters. The van der Waals surface area contributed by atoms with Gasteiger partial charge in [-0.25, -0.2) is 12.8 Å². The van der Waals surface area contributed by atoms with Crippen LogP contribution >= 0.6 is 0 Å². The molecule has 0 aromatic heterocycles. The fourth-order valence-electron chi connectivity index (χ4n) is 3.88. The molecule has 0 aliphatic rings. The summed E-state index contributed by atoms with van der Waals surface area (Å²) in [5.74, 6) is -1.28. The van der Waals surface area contributed by atoms with Gasteiger partial charge >= 0.3 is 0 Å². The molecular weight excluding hydrogens is 521 g/mol. The summed E-state index contributed by atoms with van der Waals surface area (Å²) in [4.78, 5) is 28.1. The average Bonchev–Trinajstić information content (AvgIpc) is 2.90. The number of ether oxygens (including phenoxy) is 1. The highest BCUT2D eigenvalue weighted by Gasteiger charge is 2.33. The molecule has 3 rings (SSSR count). The Labute approximate surface area is 229 Å². The second-order valence-corrected chi connectivity index (χ2v) is 11.9. The van der Waals surface area contributed by atoms with Crippen LogP contribution in [-0.4, -0.2) is 50.4 Å². The number of halogens is 1. The minimum Gasteiger partial charge on any atom is -0.497 e. The molecule has 0 saturated heterocycles. The lowest BCUT2D eigenvalue weighted by atomic mass is 10.1. The van der Waals surface area contributed by atoms with Crippen molar-refractivity contribution in [1.82, 2.24) is 10.2 Å². The lowest BCUT2D eigenvalue weighted by molar-refractivity contribution is -0.140. The van der Waals surface area contributed by atoms with Crippen LogP contribution in [0.1, 0.15) is 33.3 Å². The van der Waals surface area contributed by atoms with E-state index in [1.807, 2.05) is 0 Å². The van der Waals surface area contributed by atoms with Gasteiger partial charge in [0.1, 0.15) is 24.2 Å². The van der Waals surface area contributed by atoms with Crippen molar-refractivity contribution in [3.05, 3.63) is 90.2 Å². The van der Waals surface area contributed by atoms with Crippen LogP contribution in [0.15, 0.2) is 83.8 Å². The Morgan fingerprint density at radius 1 is 0.974 bits per heavy atom. The molecule has 0 aliphatic heterocycles. The zero-order valence-electron chi connectivity index (χ0n) is 22.7. The Hall–Kier alpha value is -3.92. The highest BCUT2D eigenvalue weighted by molar-refractivity contribution is 7.92. The van der Waals surface area contributed by atoms with Crippen LogP contribution < -0.4 is 14.4 Å². The predicted molar refractivity (Wildman–Crippen MR) is 148 cm³/mol. The number of anilines is 1. The van der Waals surface area contributed by atoms with E-state index in [4.69, 9.17) is 4.74 Å². The van der Waals surface area contributed by atoms with E-state index in [0.717, 1.165) is 4.31 Å². The van der Waals surface area contributed by atoms with Gasteiger partial charge in [-0.2, -0.15) is 0 Å². The highest BCUT2D eigenvalue weighted by Crippen LogP contribution is 2.27. The van der Waals surface area contributed by atoms with Crippen molar-refractivity contribution in [2.45, 2.75) is 50.7 Å². The maximum Gasteiger partial charge on any atom is 0.264 e. The van der Waals surface area contributed by atoms with Gasteiger partial charge in [0.05, 0.1) is 17.7 Å². The van der Waals surface area contributed by atoms with Gasteiger partial charge in [-0.05, 0) is 58.0 Å². The molecule has 3 aromatic carbocycles. The van der Waals surface area contributed by atoms with E-state index in [-0.39, 0.29) is 22.7 Å². The molecule has 10 heteroatoms. The molecule has 1 N–H and O–H groups in total. The van der Waals surface area contributed by atoms with Crippen LogP contribution in [0.5, 0.6) is 5.75 Å². The molecule has 0 aliphatic carbocycles. The van der Waals surface area contributed by atoms with Gasteiger partial charge in [-0.1, -0.05) is 42.5 Å². The standard InChI is InChI=1S/C29H34FN3O5S/c1-21(28(35)31-29(2,3)4)32(19-22-12-9-10-17-26(22)30)27(34)20-33(23-13-11-14-24(18-23)38-5)39(36,37)25-15-7-6-8-16-25/h6-18,21H,19-20H2,1-5H3,(H,31,35)/t21-/m0/s1. The first kappa shape index (κ1) is 29.6. The summed E-state index contributed by atoms with van der Waals surface area (Å²) >= 11 is 0. The van der Waals surface area contributed by atoms with Crippen LogP contribution in [0, 0.1) is 5.82 Å². The van der Waals surface area contributed by atoms with Gasteiger partial charge in [-0.15, -0.1) is 0 Å². The van der Waals surface area contributed by atoms with E-state index in [0.29, 0.717) is 5.75 Å². The van der Waals surface area contributed by atoms with Gasteiger partial charge in [0.25, 0.3) is 10.0 Å². The Balaban J connectivity index is 2.06. The molecule has 39 heavy (non-hydrogen) atoms. The number of hydrogen-bond donors (Lipinski definition) is 1. The lowest BCUT2D eigenvalue weighted by Gasteiger charge is -2.33. The van der Waals surface area contributed by atoms with E-state index >= 15 is 0 Å². The molecule has 3 aromatic rings. The van der Waals surface area contributed by atoms with E-state index in [1.54, 1.807) is 63.2 Å². The maximum atomic E-state index is 14.6. The monoisotopic (exact) mass is 555 g/mol. The van der Waals surface area contributed by atoms with Gasteiger partial charge < -0.3 is 15.0 Å². The van der Waals surface area contributed by atoms with Gasteiger partial charge in [0.15, 0.2) is 0 Å². The number of rotatable bonds is 10. The molecule has 8 nitrogen and oxygen atoms in total. The highest BCUT2D eigenvalue weighted by atomic mass is 32.2. The summed E-state index contributed by atoms with van der Waals surface area (Å²) in [6.45, 7) is 6.07. The van der Waals surface area contributed by atoms with Crippen LogP contribution in [0.3, 0.4) is 0 Å². The lowest BCUT2D eigenvalue weighted by Crippen LogP contribution is -2.54. The second kappa shape index (κ2) is 12.3. The van der Waals surface area contributed by atoms with Gasteiger partial charge in [0.2, 0.25) is 11.8 Å². The first-order chi connectivity index (χ1) is 18.3. The Bertz CT molecular complexity index is 1410. The Kier molecular flexibility index (Phi) is 9.34. The zero-order chi connectivity index (χ0) is 28.8. The summed E-state index contributed by atoms with van der Waals surface area (Å²) in [5, 5.41) is 2.84. The predicted octanol–water partition coefficient (Wildman–Crippen LogP) is 4.36. The van der Waals surface area contributed by atoms with Crippen LogP contribution in [0.2, 0.25) is 0 Å². The minimum absolute atomic E-state index is 0.0141. The largest absolute Gasteiger partial charge is 0.497 e. The van der Waals surface area contributed by atoms with E-state index in [1.165, 1.54) is 55.3 Å². The molecule has 2 amide bonds. The number of benzene rings is 3. The van der Waals surface area contributed by atoms with Crippen molar-refractivity contribution in [2.24, 2.45) is 0 Å². The number of carbonyl (C=O) groups is 2. The maximum absolute atomic E-state index is 14.6. The molecule has 0 saturated carbocycles. The summed E-state index contributed by atoms with van der Waals surface area (Å²) in [6, 6.07) is 19.0. The van der Waals surface area contributed by atoms with E-state index in [2.05, 4.69) is 5.32 Å². The van der Waals surface area contributed by atoms with Crippen LogP contribution in [0.25, 0.3) is 0 Å².